The zero-order chi connectivity index (χ0) is 13.0. The number of pyridine rings is 1. The molecule has 2 heterocycles. The smallest absolute Gasteiger partial charge is 0.273 e. The van der Waals surface area contributed by atoms with Gasteiger partial charge in [-0.05, 0) is 18.6 Å². The van der Waals surface area contributed by atoms with Gasteiger partial charge in [-0.15, -0.1) is 0 Å². The number of hydrogen-bond acceptors (Lipinski definition) is 3. The van der Waals surface area contributed by atoms with Gasteiger partial charge in [0.05, 0.1) is 10.5 Å². The standard InChI is InChI=1S/C12H14ClN3O2/c1-18-8-4-6-14-12(17)11-10(13)9-5-2-3-7-16(9)15-11/h2-3,5,7H,4,6,8H2,1H3,(H,14,17). The number of aromatic nitrogens is 2. The summed E-state index contributed by atoms with van der Waals surface area (Å²) in [6, 6.07) is 5.50. The summed E-state index contributed by atoms with van der Waals surface area (Å²) in [7, 11) is 1.63. The van der Waals surface area contributed by atoms with Crippen molar-refractivity contribution in [2.45, 2.75) is 6.42 Å². The Hall–Kier alpha value is -1.59. The van der Waals surface area contributed by atoms with Gasteiger partial charge in [-0.25, -0.2) is 4.52 Å². The van der Waals surface area contributed by atoms with E-state index in [4.69, 9.17) is 16.3 Å². The number of carbonyl (C=O) groups excluding carboxylic acids is 1. The van der Waals surface area contributed by atoms with Crippen molar-refractivity contribution < 1.29 is 9.53 Å². The molecule has 0 spiro atoms. The highest BCUT2D eigenvalue weighted by molar-refractivity contribution is 6.36. The molecule has 6 heteroatoms. The highest BCUT2D eigenvalue weighted by Gasteiger charge is 2.16. The lowest BCUT2D eigenvalue weighted by Crippen LogP contribution is -2.25. The first-order valence-corrected chi connectivity index (χ1v) is 6.02. The maximum absolute atomic E-state index is 11.9. The Kier molecular flexibility index (Phi) is 4.17. The van der Waals surface area contributed by atoms with E-state index in [2.05, 4.69) is 10.4 Å². The van der Waals surface area contributed by atoms with E-state index in [1.807, 2.05) is 18.2 Å². The molecule has 96 valence electrons. The third-order valence-electron chi connectivity index (χ3n) is 2.51. The molecule has 0 saturated heterocycles. The Morgan fingerprint density at radius 3 is 3.11 bits per heavy atom. The maximum atomic E-state index is 11.9. The Morgan fingerprint density at radius 2 is 2.39 bits per heavy atom. The topological polar surface area (TPSA) is 55.6 Å². The second-order valence-electron chi connectivity index (χ2n) is 3.80. The van der Waals surface area contributed by atoms with Crippen LogP contribution in [-0.4, -0.2) is 35.8 Å². The summed E-state index contributed by atoms with van der Waals surface area (Å²) >= 11 is 6.12. The van der Waals surface area contributed by atoms with E-state index in [-0.39, 0.29) is 11.6 Å². The van der Waals surface area contributed by atoms with Crippen LogP contribution >= 0.6 is 11.6 Å². The second-order valence-corrected chi connectivity index (χ2v) is 4.17. The lowest BCUT2D eigenvalue weighted by atomic mass is 10.3. The first-order valence-electron chi connectivity index (χ1n) is 5.64. The fraction of sp³-hybridized carbons (Fsp3) is 0.333. The zero-order valence-corrected chi connectivity index (χ0v) is 10.8. The van der Waals surface area contributed by atoms with E-state index in [0.29, 0.717) is 18.2 Å². The largest absolute Gasteiger partial charge is 0.385 e. The summed E-state index contributed by atoms with van der Waals surface area (Å²) in [5.74, 6) is -0.264. The molecule has 0 aliphatic carbocycles. The Bertz CT molecular complexity index is 553. The van der Waals surface area contributed by atoms with Gasteiger partial charge >= 0.3 is 0 Å². The molecule has 0 radical (unpaired) electrons. The van der Waals surface area contributed by atoms with Crippen molar-refractivity contribution in [3.63, 3.8) is 0 Å². The lowest BCUT2D eigenvalue weighted by molar-refractivity contribution is 0.0943. The van der Waals surface area contributed by atoms with Gasteiger partial charge in [0.15, 0.2) is 5.69 Å². The van der Waals surface area contributed by atoms with E-state index >= 15 is 0 Å². The van der Waals surface area contributed by atoms with Crippen molar-refractivity contribution in [2.75, 3.05) is 20.3 Å². The van der Waals surface area contributed by atoms with E-state index in [0.717, 1.165) is 11.9 Å². The van der Waals surface area contributed by atoms with E-state index in [1.165, 1.54) is 0 Å². The van der Waals surface area contributed by atoms with Gasteiger partial charge in [0, 0.05) is 26.5 Å². The summed E-state index contributed by atoms with van der Waals surface area (Å²) < 4.78 is 6.49. The van der Waals surface area contributed by atoms with Crippen molar-refractivity contribution in [3.8, 4) is 0 Å². The van der Waals surface area contributed by atoms with Crippen molar-refractivity contribution in [3.05, 3.63) is 35.1 Å². The zero-order valence-electron chi connectivity index (χ0n) is 10.0. The summed E-state index contributed by atoms with van der Waals surface area (Å²) in [4.78, 5) is 11.9. The number of nitrogens with zero attached hydrogens (tertiary/aromatic N) is 2. The minimum Gasteiger partial charge on any atom is -0.385 e. The number of amides is 1. The normalized spacial score (nSPS) is 10.8. The van der Waals surface area contributed by atoms with Crippen LogP contribution < -0.4 is 5.32 Å². The average molecular weight is 268 g/mol. The number of hydrogen-bond donors (Lipinski definition) is 1. The van der Waals surface area contributed by atoms with Crippen LogP contribution in [0.4, 0.5) is 0 Å². The number of methoxy groups -OCH3 is 1. The molecule has 5 nitrogen and oxygen atoms in total. The summed E-state index contributed by atoms with van der Waals surface area (Å²) in [5.41, 5.74) is 0.974. The SMILES string of the molecule is COCCCNC(=O)c1nn2ccccc2c1Cl. The Labute approximate surface area is 110 Å². The highest BCUT2D eigenvalue weighted by Crippen LogP contribution is 2.21. The van der Waals surface area contributed by atoms with Crippen LogP contribution in [0.2, 0.25) is 5.02 Å². The third kappa shape index (κ3) is 2.63. The molecule has 2 rings (SSSR count). The van der Waals surface area contributed by atoms with Crippen LogP contribution in [0.15, 0.2) is 24.4 Å². The van der Waals surface area contributed by atoms with Gasteiger partial charge < -0.3 is 10.1 Å². The molecular weight excluding hydrogens is 254 g/mol. The summed E-state index contributed by atoms with van der Waals surface area (Å²) in [6.45, 7) is 1.15. The number of nitrogens with one attached hydrogen (secondary N) is 1. The molecule has 2 aromatic heterocycles. The fourth-order valence-corrected chi connectivity index (χ4v) is 1.89. The first kappa shape index (κ1) is 12.9. The van der Waals surface area contributed by atoms with Crippen LogP contribution in [0.5, 0.6) is 0 Å². The molecule has 0 aromatic carbocycles. The number of carbonyl (C=O) groups is 1. The molecule has 0 fully saturated rings. The predicted octanol–water partition coefficient (Wildman–Crippen LogP) is 1.75. The number of halogens is 1. The van der Waals surface area contributed by atoms with Crippen LogP contribution in [0.25, 0.3) is 5.52 Å². The van der Waals surface area contributed by atoms with Crippen molar-refractivity contribution in [1.82, 2.24) is 14.9 Å². The summed E-state index contributed by atoms with van der Waals surface area (Å²) in [5, 5.41) is 7.28. The Balaban J connectivity index is 2.10. The lowest BCUT2D eigenvalue weighted by Gasteiger charge is -2.02. The van der Waals surface area contributed by atoms with Gasteiger partial charge in [0.25, 0.3) is 5.91 Å². The minimum absolute atomic E-state index is 0.250. The van der Waals surface area contributed by atoms with Gasteiger partial charge in [0.2, 0.25) is 0 Å². The van der Waals surface area contributed by atoms with Crippen molar-refractivity contribution in [2.24, 2.45) is 0 Å². The van der Waals surface area contributed by atoms with E-state index in [9.17, 15) is 4.79 Å². The number of fused-ring (bicyclic) bond motifs is 1. The van der Waals surface area contributed by atoms with Crippen LogP contribution in [-0.2, 0) is 4.74 Å². The van der Waals surface area contributed by atoms with Crippen molar-refractivity contribution >= 4 is 23.0 Å². The first-order chi connectivity index (χ1) is 8.74. The molecular formula is C12H14ClN3O2. The minimum atomic E-state index is -0.264. The molecule has 18 heavy (non-hydrogen) atoms. The van der Waals surface area contributed by atoms with Gasteiger partial charge in [-0.1, -0.05) is 17.7 Å². The molecule has 1 amide bonds. The van der Waals surface area contributed by atoms with Gasteiger partial charge in [-0.2, -0.15) is 5.10 Å². The molecule has 0 atom stereocenters. The molecule has 0 aliphatic heterocycles. The molecule has 0 unspecified atom stereocenters. The summed E-state index contributed by atoms with van der Waals surface area (Å²) in [6.07, 6.45) is 2.51. The number of ether oxygens (including phenoxy) is 1. The predicted molar refractivity (Wildman–Crippen MR) is 69.0 cm³/mol. The quantitative estimate of drug-likeness (QED) is 0.840. The monoisotopic (exact) mass is 267 g/mol. The highest BCUT2D eigenvalue weighted by atomic mass is 35.5. The molecule has 0 aliphatic rings. The molecule has 0 bridgehead atoms. The fourth-order valence-electron chi connectivity index (χ4n) is 1.62. The van der Waals surface area contributed by atoms with Gasteiger partial charge in [0.1, 0.15) is 0 Å². The van der Waals surface area contributed by atoms with E-state index in [1.54, 1.807) is 17.8 Å². The average Bonchev–Trinajstić information content (AvgIpc) is 2.73. The van der Waals surface area contributed by atoms with Crippen LogP contribution in [0.3, 0.4) is 0 Å². The van der Waals surface area contributed by atoms with Crippen molar-refractivity contribution in [1.29, 1.82) is 0 Å². The molecule has 0 saturated carbocycles. The van der Waals surface area contributed by atoms with Crippen LogP contribution in [0, 0.1) is 0 Å². The van der Waals surface area contributed by atoms with Gasteiger partial charge in [-0.3, -0.25) is 4.79 Å². The molecule has 1 N–H and O–H groups in total. The number of rotatable bonds is 5. The maximum Gasteiger partial charge on any atom is 0.273 e. The van der Waals surface area contributed by atoms with E-state index < -0.39 is 0 Å². The van der Waals surface area contributed by atoms with Crippen LogP contribution in [0.1, 0.15) is 16.9 Å². The Morgan fingerprint density at radius 1 is 1.56 bits per heavy atom. The molecule has 2 aromatic rings. The third-order valence-corrected chi connectivity index (χ3v) is 2.88. The second kappa shape index (κ2) is 5.84.